The number of halogens is 2. The van der Waals surface area contributed by atoms with Gasteiger partial charge in [-0.2, -0.15) is 0 Å². The number of H-pyrrole nitrogens is 1. The first-order chi connectivity index (χ1) is 11.0. The number of ketones is 2. The summed E-state index contributed by atoms with van der Waals surface area (Å²) in [6, 6.07) is 0. The fourth-order valence-corrected chi connectivity index (χ4v) is 3.14. The number of hydrogen-bond donors (Lipinski definition) is 3. The summed E-state index contributed by atoms with van der Waals surface area (Å²) in [4.78, 5) is 49.7. The summed E-state index contributed by atoms with van der Waals surface area (Å²) in [6.07, 6.45) is -3.06. The van der Waals surface area contributed by atoms with Gasteiger partial charge in [-0.3, -0.25) is 23.9 Å². The van der Waals surface area contributed by atoms with E-state index < -0.39 is 53.0 Å². The number of nitrogens with zero attached hydrogens (tertiary/aromatic N) is 1. The molecule has 1 aromatic heterocycles. The van der Waals surface area contributed by atoms with Crippen molar-refractivity contribution in [1.29, 1.82) is 0 Å². The van der Waals surface area contributed by atoms with E-state index >= 15 is 4.39 Å². The van der Waals surface area contributed by atoms with Crippen LogP contribution in [0.2, 0.25) is 0 Å². The Balaban J connectivity index is 2.92. The van der Waals surface area contributed by atoms with Gasteiger partial charge in [0.1, 0.15) is 12.2 Å². The molecule has 11 heteroatoms. The number of alkyl halides is 1. The molecule has 4 atom stereocenters. The molecular weight excluding hydrogens is 395 g/mol. The first-order valence-corrected chi connectivity index (χ1v) is 7.53. The van der Waals surface area contributed by atoms with Crippen LogP contribution in [-0.2, 0) is 20.1 Å². The van der Waals surface area contributed by atoms with Crippen molar-refractivity contribution in [2.24, 2.45) is 0 Å². The normalized spacial score (nSPS) is 32.8. The third kappa shape index (κ3) is 2.23. The average molecular weight is 409 g/mol. The highest BCUT2D eigenvalue weighted by Gasteiger charge is 2.73. The van der Waals surface area contributed by atoms with Crippen molar-refractivity contribution in [3.63, 3.8) is 0 Å². The first kappa shape index (κ1) is 18.6. The van der Waals surface area contributed by atoms with Crippen LogP contribution in [-0.4, -0.2) is 55.8 Å². The summed E-state index contributed by atoms with van der Waals surface area (Å²) in [5.41, 5.74) is -8.31. The van der Waals surface area contributed by atoms with Gasteiger partial charge in [0.2, 0.25) is 0 Å². The molecule has 0 aliphatic carbocycles. The number of aliphatic hydroxyl groups excluding tert-OH is 2. The number of Topliss-reactive ketones (excluding diaryl/α,β-unsaturated/α-hetero) is 2. The van der Waals surface area contributed by atoms with Crippen LogP contribution < -0.4 is 11.2 Å². The Morgan fingerprint density at radius 2 is 2.00 bits per heavy atom. The molecule has 132 valence electrons. The molecule has 9 nitrogen and oxygen atoms in total. The van der Waals surface area contributed by atoms with E-state index in [0.717, 1.165) is 20.0 Å². The maximum atomic E-state index is 15.6. The lowest BCUT2D eigenvalue weighted by Crippen LogP contribution is -2.64. The van der Waals surface area contributed by atoms with Crippen LogP contribution in [0.3, 0.4) is 0 Å². The van der Waals surface area contributed by atoms with E-state index in [0.29, 0.717) is 4.57 Å². The van der Waals surface area contributed by atoms with Gasteiger partial charge in [0.15, 0.2) is 11.6 Å². The molecule has 0 radical (unpaired) electrons. The van der Waals surface area contributed by atoms with Crippen molar-refractivity contribution >= 4 is 27.5 Å². The minimum atomic E-state index is -3.35. The van der Waals surface area contributed by atoms with E-state index in [9.17, 15) is 29.4 Å². The van der Waals surface area contributed by atoms with Crippen LogP contribution in [0.1, 0.15) is 13.8 Å². The Morgan fingerprint density at radius 3 is 2.46 bits per heavy atom. The summed E-state index contributed by atoms with van der Waals surface area (Å²) in [6.45, 7) is 0.722. The standard InChI is InChI=1S/C13H14BrFN2O7/c1-5(19)12(15)9(21)8(4-18)24-13(12,6(2)20)17-3-7(14)10(22)16-11(17)23/h3,8-9,18,21H,4H2,1-2H3,(H,16,22,23)/t8-,9-,12-,13-/m1/s1. The minimum absolute atomic E-state index is 0.237. The number of hydrogen-bond acceptors (Lipinski definition) is 7. The minimum Gasteiger partial charge on any atom is -0.394 e. The van der Waals surface area contributed by atoms with Gasteiger partial charge in [-0.15, -0.1) is 0 Å². The second-order valence-corrected chi connectivity index (χ2v) is 6.21. The maximum absolute atomic E-state index is 15.6. The fraction of sp³-hybridized carbons (Fsp3) is 0.538. The smallest absolute Gasteiger partial charge is 0.331 e. The van der Waals surface area contributed by atoms with Crippen LogP contribution in [0, 0.1) is 0 Å². The van der Waals surface area contributed by atoms with Crippen molar-refractivity contribution in [3.8, 4) is 0 Å². The van der Waals surface area contributed by atoms with E-state index in [1.807, 2.05) is 4.98 Å². The van der Waals surface area contributed by atoms with E-state index in [1.165, 1.54) is 0 Å². The molecule has 3 N–H and O–H groups in total. The quantitative estimate of drug-likeness (QED) is 0.556. The topological polar surface area (TPSA) is 139 Å². The molecule has 1 fully saturated rings. The predicted molar refractivity (Wildman–Crippen MR) is 80.2 cm³/mol. The van der Waals surface area contributed by atoms with Crippen molar-refractivity contribution in [2.75, 3.05) is 6.61 Å². The van der Waals surface area contributed by atoms with E-state index in [2.05, 4.69) is 15.9 Å². The number of rotatable bonds is 4. The Hall–Kier alpha value is -1.69. The zero-order chi connectivity index (χ0) is 18.4. The SMILES string of the molecule is CC(=O)[C@@]1(F)[C@H](O)[C@@H](CO)O[C@@]1(C(C)=O)n1cc(Br)c(=O)[nH]c1=O. The number of ether oxygens (including phenoxy) is 1. The van der Waals surface area contributed by atoms with Gasteiger partial charge in [-0.05, 0) is 29.8 Å². The molecule has 0 saturated carbocycles. The molecule has 0 amide bonds. The molecule has 2 rings (SSSR count). The van der Waals surface area contributed by atoms with Crippen LogP contribution in [0.25, 0.3) is 0 Å². The third-order valence-corrected chi connectivity index (χ3v) is 4.55. The van der Waals surface area contributed by atoms with Crippen molar-refractivity contribution in [1.82, 2.24) is 9.55 Å². The summed E-state index contributed by atoms with van der Waals surface area (Å²) >= 11 is 2.83. The van der Waals surface area contributed by atoms with Gasteiger partial charge < -0.3 is 14.9 Å². The summed E-state index contributed by atoms with van der Waals surface area (Å²) < 4.78 is 20.9. The molecule has 0 aromatic carbocycles. The lowest BCUT2D eigenvalue weighted by atomic mass is 9.82. The first-order valence-electron chi connectivity index (χ1n) is 6.73. The zero-order valence-electron chi connectivity index (χ0n) is 12.6. The van der Waals surface area contributed by atoms with Crippen LogP contribution >= 0.6 is 15.9 Å². The Morgan fingerprint density at radius 1 is 1.42 bits per heavy atom. The van der Waals surface area contributed by atoms with E-state index in [4.69, 9.17) is 4.74 Å². The number of carbonyl (C=O) groups is 2. The highest BCUT2D eigenvalue weighted by molar-refractivity contribution is 9.10. The van der Waals surface area contributed by atoms with Crippen LogP contribution in [0.15, 0.2) is 20.3 Å². The second-order valence-electron chi connectivity index (χ2n) is 5.36. The molecule has 1 aliphatic heterocycles. The van der Waals surface area contributed by atoms with E-state index in [1.54, 1.807) is 0 Å². The van der Waals surface area contributed by atoms with Crippen molar-refractivity contribution in [2.45, 2.75) is 37.4 Å². The van der Waals surface area contributed by atoms with E-state index in [-0.39, 0.29) is 4.47 Å². The second kappa shape index (κ2) is 5.99. The van der Waals surface area contributed by atoms with Crippen molar-refractivity contribution in [3.05, 3.63) is 31.5 Å². The lowest BCUT2D eigenvalue weighted by Gasteiger charge is -2.36. The summed E-state index contributed by atoms with van der Waals surface area (Å²) in [7, 11) is 0. The molecule has 0 unspecified atom stereocenters. The molecular formula is C13H14BrFN2O7. The largest absolute Gasteiger partial charge is 0.394 e. The van der Waals surface area contributed by atoms with Gasteiger partial charge in [-0.1, -0.05) is 0 Å². The lowest BCUT2D eigenvalue weighted by molar-refractivity contribution is -0.186. The Labute approximate surface area is 142 Å². The number of aliphatic hydroxyl groups is 2. The number of nitrogens with one attached hydrogen (secondary N) is 1. The molecule has 0 spiro atoms. The van der Waals surface area contributed by atoms with Gasteiger partial charge in [0, 0.05) is 6.20 Å². The maximum Gasteiger partial charge on any atom is 0.331 e. The van der Waals surface area contributed by atoms with Crippen molar-refractivity contribution < 1.29 is 28.9 Å². The molecule has 2 heterocycles. The van der Waals surface area contributed by atoms with Crippen LogP contribution in [0.4, 0.5) is 4.39 Å². The fourth-order valence-electron chi connectivity index (χ4n) is 2.83. The summed E-state index contributed by atoms with van der Waals surface area (Å²) in [5.74, 6) is -2.40. The Kier molecular flexibility index (Phi) is 4.65. The van der Waals surface area contributed by atoms with Gasteiger partial charge in [0.05, 0.1) is 11.1 Å². The van der Waals surface area contributed by atoms with Crippen LogP contribution in [0.5, 0.6) is 0 Å². The highest BCUT2D eigenvalue weighted by atomic mass is 79.9. The number of aromatic nitrogens is 2. The number of aromatic amines is 1. The molecule has 1 aromatic rings. The monoisotopic (exact) mass is 408 g/mol. The molecule has 24 heavy (non-hydrogen) atoms. The average Bonchev–Trinajstić information content (AvgIpc) is 2.74. The molecule has 0 bridgehead atoms. The van der Waals surface area contributed by atoms with Gasteiger partial charge in [0.25, 0.3) is 17.0 Å². The van der Waals surface area contributed by atoms with Gasteiger partial charge in [-0.25, -0.2) is 9.18 Å². The Bertz CT molecular complexity index is 821. The zero-order valence-corrected chi connectivity index (χ0v) is 14.2. The number of carbonyl (C=O) groups excluding carboxylic acids is 2. The third-order valence-electron chi connectivity index (χ3n) is 3.98. The highest BCUT2D eigenvalue weighted by Crippen LogP contribution is 2.47. The predicted octanol–water partition coefficient (Wildman–Crippen LogP) is -1.41. The molecule has 1 aliphatic rings. The summed E-state index contributed by atoms with van der Waals surface area (Å²) in [5, 5.41) is 19.4. The van der Waals surface area contributed by atoms with Gasteiger partial charge >= 0.3 is 5.69 Å². The molecule has 1 saturated heterocycles.